The Morgan fingerprint density at radius 3 is 2.56 bits per heavy atom. The first-order valence-corrected chi connectivity index (χ1v) is 9.62. The van der Waals surface area contributed by atoms with Gasteiger partial charge < -0.3 is 20.8 Å². The average Bonchev–Trinajstić information content (AvgIpc) is 3.18. The third-order valence-electron chi connectivity index (χ3n) is 4.62. The molecular weight excluding hydrogens is 418 g/mol. The van der Waals surface area contributed by atoms with Gasteiger partial charge in [-0.15, -0.1) is 0 Å². The van der Waals surface area contributed by atoms with Crippen LogP contribution in [-0.2, 0) is 16.0 Å². The van der Waals surface area contributed by atoms with Gasteiger partial charge in [0.05, 0.1) is 23.0 Å². The highest BCUT2D eigenvalue weighted by Crippen LogP contribution is 2.25. The van der Waals surface area contributed by atoms with Crippen molar-refractivity contribution in [2.45, 2.75) is 6.42 Å². The quantitative estimate of drug-likeness (QED) is 0.411. The molecule has 0 spiro atoms. The Kier molecular flexibility index (Phi) is 5.80. The summed E-state index contributed by atoms with van der Waals surface area (Å²) in [7, 11) is 0. The van der Waals surface area contributed by atoms with Crippen LogP contribution in [0.5, 0.6) is 5.75 Å². The first-order valence-electron chi connectivity index (χ1n) is 9.62. The normalized spacial score (nSPS) is 10.8. The molecule has 4 N–H and O–H groups in total. The van der Waals surface area contributed by atoms with E-state index in [1.165, 1.54) is 0 Å². The van der Waals surface area contributed by atoms with Gasteiger partial charge in [-0.2, -0.15) is 0 Å². The van der Waals surface area contributed by atoms with E-state index in [2.05, 4.69) is 15.3 Å². The molecule has 0 bridgehead atoms. The number of imidazole rings is 1. The highest BCUT2D eigenvalue weighted by atomic mass is 19.1. The highest BCUT2D eigenvalue weighted by Gasteiger charge is 2.12. The van der Waals surface area contributed by atoms with Crippen LogP contribution in [0, 0.1) is 11.6 Å². The molecule has 0 aliphatic carbocycles. The predicted molar refractivity (Wildman–Crippen MR) is 115 cm³/mol. The van der Waals surface area contributed by atoms with Crippen LogP contribution in [0.1, 0.15) is 5.56 Å². The van der Waals surface area contributed by atoms with Crippen molar-refractivity contribution < 1.29 is 23.1 Å². The lowest BCUT2D eigenvalue weighted by Crippen LogP contribution is -2.20. The molecule has 0 saturated carbocycles. The Hall–Kier alpha value is -4.27. The molecule has 0 radical (unpaired) electrons. The van der Waals surface area contributed by atoms with E-state index in [9.17, 15) is 18.4 Å². The second kappa shape index (κ2) is 8.84. The number of nitrogens with two attached hydrogens (primary N) is 1. The number of halogens is 2. The standard InChI is InChI=1S/C23H18F2N4O3/c24-14-3-7-18(25)17(10-14)23-28-19-8-4-15(11-20(19)29-23)27-22(31)12-32-16-5-1-13(2-6-16)9-21(26)30/h1-8,10-11H,9,12H2,(H2,26,30)(H,27,31)(H,28,29). The number of carbonyl (C=O) groups excluding carboxylic acids is 2. The zero-order valence-corrected chi connectivity index (χ0v) is 16.7. The maximum absolute atomic E-state index is 14.0. The number of benzene rings is 3. The minimum Gasteiger partial charge on any atom is -0.484 e. The molecule has 9 heteroatoms. The number of hydrogen-bond acceptors (Lipinski definition) is 4. The van der Waals surface area contributed by atoms with Crippen molar-refractivity contribution in [3.63, 3.8) is 0 Å². The minimum atomic E-state index is -0.598. The smallest absolute Gasteiger partial charge is 0.262 e. The number of aromatic nitrogens is 2. The summed E-state index contributed by atoms with van der Waals surface area (Å²) < 4.78 is 32.9. The fraction of sp³-hybridized carbons (Fsp3) is 0.0870. The Labute approximate surface area is 181 Å². The van der Waals surface area contributed by atoms with Crippen molar-refractivity contribution in [3.05, 3.63) is 77.9 Å². The Balaban J connectivity index is 1.41. The number of ether oxygens (including phenoxy) is 1. The molecule has 0 aliphatic heterocycles. The van der Waals surface area contributed by atoms with Crippen LogP contribution in [0.3, 0.4) is 0 Å². The second-order valence-corrected chi connectivity index (χ2v) is 7.07. The fourth-order valence-corrected chi connectivity index (χ4v) is 3.14. The molecule has 7 nitrogen and oxygen atoms in total. The van der Waals surface area contributed by atoms with Crippen molar-refractivity contribution in [2.75, 3.05) is 11.9 Å². The molecule has 0 atom stereocenters. The van der Waals surface area contributed by atoms with Gasteiger partial charge in [-0.3, -0.25) is 9.59 Å². The molecule has 0 unspecified atom stereocenters. The van der Waals surface area contributed by atoms with Crippen molar-refractivity contribution in [3.8, 4) is 17.1 Å². The van der Waals surface area contributed by atoms with E-state index >= 15 is 0 Å². The van der Waals surface area contributed by atoms with Crippen molar-refractivity contribution in [1.82, 2.24) is 9.97 Å². The van der Waals surface area contributed by atoms with Gasteiger partial charge in [-0.25, -0.2) is 13.8 Å². The maximum Gasteiger partial charge on any atom is 0.262 e. The van der Waals surface area contributed by atoms with Crippen molar-refractivity contribution >= 4 is 28.5 Å². The van der Waals surface area contributed by atoms with Gasteiger partial charge in [0.15, 0.2) is 6.61 Å². The number of carbonyl (C=O) groups is 2. The molecular formula is C23H18F2N4O3. The monoisotopic (exact) mass is 436 g/mol. The SMILES string of the molecule is NC(=O)Cc1ccc(OCC(=O)Nc2ccc3nc(-c4cc(F)ccc4F)[nH]c3c2)cc1. The van der Waals surface area contributed by atoms with Crippen LogP contribution in [0.4, 0.5) is 14.5 Å². The summed E-state index contributed by atoms with van der Waals surface area (Å²) in [5, 5.41) is 2.70. The number of fused-ring (bicyclic) bond motifs is 1. The van der Waals surface area contributed by atoms with Gasteiger partial charge in [0.25, 0.3) is 5.91 Å². The van der Waals surface area contributed by atoms with E-state index < -0.39 is 17.5 Å². The first-order chi connectivity index (χ1) is 15.4. The number of hydrogen-bond donors (Lipinski definition) is 3. The highest BCUT2D eigenvalue weighted by molar-refractivity contribution is 5.94. The maximum atomic E-state index is 14.0. The number of primary amides is 1. The summed E-state index contributed by atoms with van der Waals surface area (Å²) in [6, 6.07) is 14.8. The molecule has 0 aliphatic rings. The van der Waals surface area contributed by atoms with Crippen LogP contribution in [0.15, 0.2) is 60.7 Å². The molecule has 4 rings (SSSR count). The average molecular weight is 436 g/mol. The summed E-state index contributed by atoms with van der Waals surface area (Å²) in [6.45, 7) is -0.226. The van der Waals surface area contributed by atoms with Crippen LogP contribution in [0.25, 0.3) is 22.4 Å². The number of anilines is 1. The topological polar surface area (TPSA) is 110 Å². The number of aromatic amines is 1. The Bertz CT molecular complexity index is 1300. The molecule has 0 fully saturated rings. The van der Waals surface area contributed by atoms with E-state index in [0.717, 1.165) is 23.8 Å². The van der Waals surface area contributed by atoms with E-state index in [1.807, 2.05) is 0 Å². The molecule has 0 saturated heterocycles. The number of H-pyrrole nitrogens is 1. The number of rotatable bonds is 7. The lowest BCUT2D eigenvalue weighted by Gasteiger charge is -2.08. The summed E-state index contributed by atoms with van der Waals surface area (Å²) in [4.78, 5) is 30.4. The van der Waals surface area contributed by atoms with E-state index in [1.54, 1.807) is 42.5 Å². The van der Waals surface area contributed by atoms with E-state index in [0.29, 0.717) is 22.5 Å². The Morgan fingerprint density at radius 1 is 1.03 bits per heavy atom. The van der Waals surface area contributed by atoms with Crippen molar-refractivity contribution in [2.24, 2.45) is 5.73 Å². The summed E-state index contributed by atoms with van der Waals surface area (Å²) in [5.41, 5.74) is 7.49. The van der Waals surface area contributed by atoms with E-state index in [4.69, 9.17) is 10.5 Å². The first kappa shape index (κ1) is 21.0. The summed E-state index contributed by atoms with van der Waals surface area (Å²) in [6.07, 6.45) is 0.129. The van der Waals surface area contributed by atoms with Crippen LogP contribution < -0.4 is 15.8 Å². The van der Waals surface area contributed by atoms with Crippen molar-refractivity contribution in [1.29, 1.82) is 0 Å². The fourth-order valence-electron chi connectivity index (χ4n) is 3.14. The molecule has 1 aromatic heterocycles. The zero-order valence-electron chi connectivity index (χ0n) is 16.7. The van der Waals surface area contributed by atoms with Crippen LogP contribution in [0.2, 0.25) is 0 Å². The van der Waals surface area contributed by atoms with Gasteiger partial charge in [0.2, 0.25) is 5.91 Å². The van der Waals surface area contributed by atoms with Gasteiger partial charge in [0.1, 0.15) is 23.2 Å². The number of amides is 2. The largest absolute Gasteiger partial charge is 0.484 e. The second-order valence-electron chi connectivity index (χ2n) is 7.07. The van der Waals surface area contributed by atoms with Gasteiger partial charge in [-0.05, 0) is 54.1 Å². The van der Waals surface area contributed by atoms with Crippen LogP contribution in [-0.4, -0.2) is 28.4 Å². The zero-order chi connectivity index (χ0) is 22.7. The lowest BCUT2D eigenvalue weighted by atomic mass is 10.1. The van der Waals surface area contributed by atoms with Crippen LogP contribution >= 0.6 is 0 Å². The summed E-state index contributed by atoms with van der Waals surface area (Å²) in [5.74, 6) is -1.33. The van der Waals surface area contributed by atoms with Gasteiger partial charge >= 0.3 is 0 Å². The predicted octanol–water partition coefficient (Wildman–Crippen LogP) is 3.55. The Morgan fingerprint density at radius 2 is 1.81 bits per heavy atom. The number of nitrogens with one attached hydrogen (secondary N) is 2. The summed E-state index contributed by atoms with van der Waals surface area (Å²) >= 11 is 0. The molecule has 32 heavy (non-hydrogen) atoms. The molecule has 2 amide bonds. The lowest BCUT2D eigenvalue weighted by molar-refractivity contribution is -0.118. The van der Waals surface area contributed by atoms with E-state index in [-0.39, 0.29) is 30.3 Å². The molecule has 4 aromatic rings. The minimum absolute atomic E-state index is 0.0158. The molecule has 1 heterocycles. The third kappa shape index (κ3) is 4.89. The third-order valence-corrected chi connectivity index (χ3v) is 4.62. The number of nitrogens with zero attached hydrogens (tertiary/aromatic N) is 1. The van der Waals surface area contributed by atoms with Gasteiger partial charge in [0, 0.05) is 5.69 Å². The molecule has 3 aromatic carbocycles. The molecule has 162 valence electrons. The van der Waals surface area contributed by atoms with Gasteiger partial charge in [-0.1, -0.05) is 12.1 Å².